The Morgan fingerprint density at radius 2 is 1.92 bits per heavy atom. The third kappa shape index (κ3) is 6.33. The van der Waals surface area contributed by atoms with Crippen molar-refractivity contribution in [3.8, 4) is 0 Å². The van der Waals surface area contributed by atoms with Crippen molar-refractivity contribution in [2.75, 3.05) is 12.3 Å². The molecule has 9 heteroatoms. The van der Waals surface area contributed by atoms with Crippen LogP contribution in [-0.2, 0) is 16.1 Å². The molecule has 1 atom stereocenters. The Hall–Kier alpha value is -1.58. The zero-order valence-electron chi connectivity index (χ0n) is 14.0. The van der Waals surface area contributed by atoms with E-state index in [0.29, 0.717) is 21.8 Å². The van der Waals surface area contributed by atoms with Crippen molar-refractivity contribution in [2.24, 2.45) is 5.73 Å². The summed E-state index contributed by atoms with van der Waals surface area (Å²) in [5.41, 5.74) is 6.23. The fourth-order valence-corrected chi connectivity index (χ4v) is 5.03. The van der Waals surface area contributed by atoms with E-state index in [1.807, 2.05) is 49.1 Å². The molecule has 0 fully saturated rings. The molecule has 2 rings (SSSR count). The number of carbonyl (C=O) groups is 2. The first-order valence-electron chi connectivity index (χ1n) is 7.73. The zero-order chi connectivity index (χ0) is 18.2. The average Bonchev–Trinajstić information content (AvgIpc) is 3.05. The molecule has 0 saturated carbocycles. The quantitative estimate of drug-likeness (QED) is 0.656. The van der Waals surface area contributed by atoms with Crippen molar-refractivity contribution in [2.45, 2.75) is 34.3 Å². The Morgan fingerprint density at radius 3 is 2.56 bits per heavy atom. The van der Waals surface area contributed by atoms with Crippen LogP contribution in [0.5, 0.6) is 0 Å². The van der Waals surface area contributed by atoms with Crippen molar-refractivity contribution < 1.29 is 9.59 Å². The molecule has 1 aromatic heterocycles. The van der Waals surface area contributed by atoms with Gasteiger partial charge < -0.3 is 10.6 Å². The standard InChI is InChI=1S/C16H20N4O2S3/c1-3-20(9-12-7-5-4-6-8-12)14(22)11(2)24-16-19-18-15(25-16)23-10-13(17)21/h4-8,11H,3,9-10H2,1-2H3,(H2,17,21). The van der Waals surface area contributed by atoms with Crippen molar-refractivity contribution in [3.05, 3.63) is 35.9 Å². The Balaban J connectivity index is 1.93. The maximum absolute atomic E-state index is 12.7. The Kier molecular flexibility index (Phi) is 7.73. The lowest BCUT2D eigenvalue weighted by Crippen LogP contribution is -2.35. The largest absolute Gasteiger partial charge is 0.369 e. The molecule has 1 aromatic carbocycles. The number of hydrogen-bond acceptors (Lipinski definition) is 7. The second-order valence-corrected chi connectivity index (χ2v) is 8.97. The molecule has 1 unspecified atom stereocenters. The molecule has 0 bridgehead atoms. The normalized spacial score (nSPS) is 11.9. The Morgan fingerprint density at radius 1 is 1.24 bits per heavy atom. The van der Waals surface area contributed by atoms with Gasteiger partial charge in [0.15, 0.2) is 8.68 Å². The van der Waals surface area contributed by atoms with Crippen LogP contribution in [0.15, 0.2) is 39.0 Å². The van der Waals surface area contributed by atoms with Gasteiger partial charge in [-0.15, -0.1) is 10.2 Å². The fourth-order valence-electron chi connectivity index (χ4n) is 2.04. The van der Waals surface area contributed by atoms with E-state index in [9.17, 15) is 9.59 Å². The molecule has 2 aromatic rings. The summed E-state index contributed by atoms with van der Waals surface area (Å²) in [5.74, 6) is -0.149. The highest BCUT2D eigenvalue weighted by Crippen LogP contribution is 2.31. The predicted molar refractivity (Wildman–Crippen MR) is 103 cm³/mol. The molecule has 0 spiro atoms. The summed E-state index contributed by atoms with van der Waals surface area (Å²) < 4.78 is 1.39. The van der Waals surface area contributed by atoms with Crippen LogP contribution >= 0.6 is 34.9 Å². The van der Waals surface area contributed by atoms with E-state index < -0.39 is 5.91 Å². The molecule has 0 aliphatic carbocycles. The molecule has 1 heterocycles. The van der Waals surface area contributed by atoms with Crippen LogP contribution in [0.2, 0.25) is 0 Å². The minimum Gasteiger partial charge on any atom is -0.369 e. The minimum atomic E-state index is -0.391. The van der Waals surface area contributed by atoms with E-state index in [1.165, 1.54) is 34.9 Å². The smallest absolute Gasteiger partial charge is 0.236 e. The van der Waals surface area contributed by atoms with Gasteiger partial charge in [0.1, 0.15) is 0 Å². The number of benzene rings is 1. The van der Waals surface area contributed by atoms with E-state index in [2.05, 4.69) is 10.2 Å². The number of thioether (sulfide) groups is 2. The second kappa shape index (κ2) is 9.79. The number of hydrogen-bond donors (Lipinski definition) is 1. The van der Waals surface area contributed by atoms with E-state index in [4.69, 9.17) is 5.73 Å². The van der Waals surface area contributed by atoms with Gasteiger partial charge in [0.05, 0.1) is 11.0 Å². The molecule has 0 saturated heterocycles. The Labute approximate surface area is 159 Å². The molecule has 25 heavy (non-hydrogen) atoms. The fraction of sp³-hybridized carbons (Fsp3) is 0.375. The first kappa shape index (κ1) is 19.7. The molecule has 2 N–H and O–H groups in total. The van der Waals surface area contributed by atoms with Crippen molar-refractivity contribution in [1.29, 1.82) is 0 Å². The highest BCUT2D eigenvalue weighted by atomic mass is 32.2. The number of nitrogens with two attached hydrogens (primary N) is 1. The van der Waals surface area contributed by atoms with Gasteiger partial charge in [0, 0.05) is 13.1 Å². The molecule has 134 valence electrons. The summed E-state index contributed by atoms with van der Waals surface area (Å²) in [7, 11) is 0. The van der Waals surface area contributed by atoms with Gasteiger partial charge in [-0.2, -0.15) is 0 Å². The first-order chi connectivity index (χ1) is 12.0. The summed E-state index contributed by atoms with van der Waals surface area (Å²) in [6.45, 7) is 5.09. The van der Waals surface area contributed by atoms with Gasteiger partial charge >= 0.3 is 0 Å². The number of primary amides is 1. The van der Waals surface area contributed by atoms with E-state index in [1.54, 1.807) is 0 Å². The third-order valence-corrected chi connectivity index (χ3v) is 6.51. The van der Waals surface area contributed by atoms with Gasteiger partial charge in [-0.1, -0.05) is 65.2 Å². The van der Waals surface area contributed by atoms with Crippen LogP contribution in [0, 0.1) is 0 Å². The lowest BCUT2D eigenvalue weighted by molar-refractivity contribution is -0.130. The third-order valence-electron chi connectivity index (χ3n) is 3.26. The number of nitrogens with zero attached hydrogens (tertiary/aromatic N) is 3. The lowest BCUT2D eigenvalue weighted by Gasteiger charge is -2.23. The van der Waals surface area contributed by atoms with Crippen LogP contribution < -0.4 is 5.73 Å². The Bertz CT molecular complexity index is 708. The predicted octanol–water partition coefficient (Wildman–Crippen LogP) is 2.64. The molecule has 0 aliphatic heterocycles. The number of carbonyl (C=O) groups excluding carboxylic acids is 2. The topological polar surface area (TPSA) is 89.2 Å². The van der Waals surface area contributed by atoms with Gasteiger partial charge in [0.2, 0.25) is 11.8 Å². The summed E-state index contributed by atoms with van der Waals surface area (Å²) in [6.07, 6.45) is 0. The monoisotopic (exact) mass is 396 g/mol. The molecule has 6 nitrogen and oxygen atoms in total. The average molecular weight is 397 g/mol. The number of rotatable bonds is 9. The lowest BCUT2D eigenvalue weighted by atomic mass is 10.2. The second-order valence-electron chi connectivity index (χ2n) is 5.19. The molecule has 0 aliphatic rings. The van der Waals surface area contributed by atoms with E-state index in [0.717, 1.165) is 5.56 Å². The van der Waals surface area contributed by atoms with E-state index >= 15 is 0 Å². The maximum atomic E-state index is 12.7. The number of aromatic nitrogens is 2. The van der Waals surface area contributed by atoms with E-state index in [-0.39, 0.29) is 16.9 Å². The highest BCUT2D eigenvalue weighted by Gasteiger charge is 2.22. The van der Waals surface area contributed by atoms with Gasteiger partial charge in [-0.25, -0.2) is 0 Å². The molecular formula is C16H20N4O2S3. The SMILES string of the molecule is CCN(Cc1ccccc1)C(=O)C(C)Sc1nnc(SCC(N)=O)s1. The summed E-state index contributed by atoms with van der Waals surface area (Å²) in [4.78, 5) is 25.3. The molecular weight excluding hydrogens is 376 g/mol. The first-order valence-corrected chi connectivity index (χ1v) is 10.4. The van der Waals surface area contributed by atoms with Crippen LogP contribution in [0.1, 0.15) is 19.4 Å². The highest BCUT2D eigenvalue weighted by molar-refractivity contribution is 8.04. The van der Waals surface area contributed by atoms with Crippen LogP contribution in [0.25, 0.3) is 0 Å². The van der Waals surface area contributed by atoms with Gasteiger partial charge in [-0.05, 0) is 19.4 Å². The van der Waals surface area contributed by atoms with Gasteiger partial charge in [-0.3, -0.25) is 9.59 Å². The zero-order valence-corrected chi connectivity index (χ0v) is 16.5. The van der Waals surface area contributed by atoms with Crippen LogP contribution in [0.3, 0.4) is 0 Å². The maximum Gasteiger partial charge on any atom is 0.236 e. The van der Waals surface area contributed by atoms with Crippen LogP contribution in [0.4, 0.5) is 0 Å². The van der Waals surface area contributed by atoms with Crippen molar-refractivity contribution >= 4 is 46.7 Å². The molecule has 2 amide bonds. The van der Waals surface area contributed by atoms with Crippen molar-refractivity contribution in [1.82, 2.24) is 15.1 Å². The summed E-state index contributed by atoms with van der Waals surface area (Å²) in [6, 6.07) is 9.93. The van der Waals surface area contributed by atoms with Gasteiger partial charge in [0.25, 0.3) is 0 Å². The molecule has 0 radical (unpaired) electrons. The van der Waals surface area contributed by atoms with Crippen LogP contribution in [-0.4, -0.2) is 44.5 Å². The summed E-state index contributed by atoms with van der Waals surface area (Å²) >= 11 is 4.01. The summed E-state index contributed by atoms with van der Waals surface area (Å²) in [5, 5.41) is 7.83. The van der Waals surface area contributed by atoms with Crippen molar-refractivity contribution in [3.63, 3.8) is 0 Å². The minimum absolute atomic E-state index is 0.0675. The number of amides is 2.